The van der Waals surface area contributed by atoms with Crippen molar-refractivity contribution in [2.45, 2.75) is 18.9 Å². The van der Waals surface area contributed by atoms with Gasteiger partial charge < -0.3 is 21.1 Å². The van der Waals surface area contributed by atoms with Gasteiger partial charge in [0.25, 0.3) is 0 Å². The van der Waals surface area contributed by atoms with Gasteiger partial charge in [-0.1, -0.05) is 12.1 Å². The quantitative estimate of drug-likeness (QED) is 0.660. The first kappa shape index (κ1) is 20.9. The molecule has 0 spiro atoms. The normalized spacial score (nSPS) is 15.0. The molecule has 0 saturated carbocycles. The molecule has 1 atom stereocenters. The van der Waals surface area contributed by atoms with Crippen LogP contribution in [-0.4, -0.2) is 47.6 Å². The number of benzene rings is 2. The van der Waals surface area contributed by atoms with E-state index in [0.29, 0.717) is 36.3 Å². The number of halogens is 2. The Labute approximate surface area is 167 Å². The second-order valence-corrected chi connectivity index (χ2v) is 7.25. The van der Waals surface area contributed by atoms with Crippen LogP contribution < -0.4 is 11.1 Å². The van der Waals surface area contributed by atoms with Gasteiger partial charge in [0.15, 0.2) is 0 Å². The molecule has 0 bridgehead atoms. The van der Waals surface area contributed by atoms with Gasteiger partial charge in [0, 0.05) is 24.8 Å². The second kappa shape index (κ2) is 9.11. The first-order valence-corrected chi connectivity index (χ1v) is 9.36. The fraction of sp³-hybridized carbons (Fsp3) is 0.333. The van der Waals surface area contributed by atoms with Gasteiger partial charge in [-0.3, -0.25) is 9.59 Å². The van der Waals surface area contributed by atoms with Gasteiger partial charge in [-0.2, -0.15) is 0 Å². The van der Waals surface area contributed by atoms with Crippen molar-refractivity contribution in [1.82, 2.24) is 4.90 Å². The molecule has 3 rings (SSSR count). The molecule has 1 unspecified atom stereocenters. The van der Waals surface area contributed by atoms with Gasteiger partial charge >= 0.3 is 0 Å². The zero-order chi connectivity index (χ0) is 21.0. The number of hydrogen-bond acceptors (Lipinski definition) is 4. The number of likely N-dealkylation sites (tertiary alicyclic amines) is 1. The lowest BCUT2D eigenvalue weighted by Crippen LogP contribution is -2.52. The lowest BCUT2D eigenvalue weighted by atomic mass is 9.92. The molecule has 2 amide bonds. The number of carbonyl (C=O) groups is 2. The molecule has 0 aromatic heterocycles. The molecule has 0 radical (unpaired) electrons. The number of aliphatic hydroxyl groups excluding tert-OH is 1. The Hall–Kier alpha value is -2.84. The first-order valence-electron chi connectivity index (χ1n) is 9.36. The Morgan fingerprint density at radius 1 is 1.10 bits per heavy atom. The van der Waals surface area contributed by atoms with Crippen LogP contribution in [0.2, 0.25) is 0 Å². The molecule has 1 fully saturated rings. The van der Waals surface area contributed by atoms with Crippen molar-refractivity contribution in [1.29, 1.82) is 0 Å². The molecular weight excluding hydrogens is 380 g/mol. The molecule has 4 N–H and O–H groups in total. The lowest BCUT2D eigenvalue weighted by Gasteiger charge is -2.40. The number of nitrogens with zero attached hydrogens (tertiary/aromatic N) is 1. The monoisotopic (exact) mass is 403 g/mol. The summed E-state index contributed by atoms with van der Waals surface area (Å²) in [6, 6.07) is 9.83. The van der Waals surface area contributed by atoms with Crippen LogP contribution in [0.1, 0.15) is 12.8 Å². The summed E-state index contributed by atoms with van der Waals surface area (Å²) in [7, 11) is 0. The van der Waals surface area contributed by atoms with Crippen LogP contribution in [0.4, 0.5) is 14.5 Å². The lowest BCUT2D eigenvalue weighted by molar-refractivity contribution is -0.137. The van der Waals surface area contributed by atoms with Crippen LogP contribution in [0.25, 0.3) is 11.1 Å². The average molecular weight is 403 g/mol. The molecule has 0 aliphatic carbocycles. The molecule has 1 aliphatic rings. The molecular formula is C21H23F2N3O3. The molecule has 2 aromatic rings. The number of amides is 2. The fourth-order valence-corrected chi connectivity index (χ4v) is 3.41. The second-order valence-electron chi connectivity index (χ2n) is 7.25. The average Bonchev–Trinajstić information content (AvgIpc) is 2.63. The highest BCUT2D eigenvalue weighted by Crippen LogP contribution is 2.24. The van der Waals surface area contributed by atoms with E-state index in [2.05, 4.69) is 5.32 Å². The van der Waals surface area contributed by atoms with Gasteiger partial charge in [-0.05, 0) is 47.7 Å². The number of aliphatic hydroxyl groups is 1. The largest absolute Gasteiger partial charge is 0.393 e. The molecule has 1 heterocycles. The van der Waals surface area contributed by atoms with E-state index >= 15 is 0 Å². The molecule has 6 nitrogen and oxygen atoms in total. The minimum absolute atomic E-state index is 0.0232. The first-order chi connectivity index (χ1) is 13.8. The summed E-state index contributed by atoms with van der Waals surface area (Å²) < 4.78 is 26.7. The Bertz CT molecular complexity index is 863. The van der Waals surface area contributed by atoms with E-state index in [4.69, 9.17) is 5.73 Å². The van der Waals surface area contributed by atoms with Crippen molar-refractivity contribution >= 4 is 17.5 Å². The van der Waals surface area contributed by atoms with Crippen molar-refractivity contribution in [3.63, 3.8) is 0 Å². The maximum Gasteiger partial charge on any atom is 0.236 e. The molecule has 154 valence electrons. The highest BCUT2D eigenvalue weighted by Gasteiger charge is 2.31. The van der Waals surface area contributed by atoms with Crippen molar-refractivity contribution in [3.8, 4) is 11.1 Å². The van der Waals surface area contributed by atoms with Crippen LogP contribution in [0.5, 0.6) is 0 Å². The molecule has 1 saturated heterocycles. The van der Waals surface area contributed by atoms with E-state index in [1.807, 2.05) is 0 Å². The minimum atomic E-state index is -0.801. The number of nitrogens with two attached hydrogens (primary N) is 1. The highest BCUT2D eigenvalue weighted by atomic mass is 19.1. The van der Waals surface area contributed by atoms with E-state index < -0.39 is 17.7 Å². The van der Waals surface area contributed by atoms with Crippen molar-refractivity contribution in [2.75, 3.05) is 25.0 Å². The highest BCUT2D eigenvalue weighted by molar-refractivity contribution is 5.91. The van der Waals surface area contributed by atoms with E-state index in [0.717, 1.165) is 6.07 Å². The number of anilines is 1. The predicted octanol–water partition coefficient (Wildman–Crippen LogP) is 2.13. The third-order valence-corrected chi connectivity index (χ3v) is 4.88. The van der Waals surface area contributed by atoms with Gasteiger partial charge in [0.1, 0.15) is 11.6 Å². The minimum Gasteiger partial charge on any atom is -0.393 e. The molecule has 2 aromatic carbocycles. The Kier molecular flexibility index (Phi) is 6.56. The van der Waals surface area contributed by atoms with Crippen molar-refractivity contribution < 1.29 is 23.5 Å². The molecule has 29 heavy (non-hydrogen) atoms. The summed E-state index contributed by atoms with van der Waals surface area (Å²) in [4.78, 5) is 25.1. The van der Waals surface area contributed by atoms with Crippen LogP contribution >= 0.6 is 0 Å². The topological polar surface area (TPSA) is 95.7 Å². The van der Waals surface area contributed by atoms with Gasteiger partial charge in [0.05, 0.1) is 19.1 Å². The third-order valence-electron chi connectivity index (χ3n) is 4.88. The van der Waals surface area contributed by atoms with Crippen molar-refractivity contribution in [3.05, 3.63) is 54.1 Å². The summed E-state index contributed by atoms with van der Waals surface area (Å²) in [6.45, 7) is 1.08. The van der Waals surface area contributed by atoms with E-state index in [9.17, 15) is 23.5 Å². The zero-order valence-corrected chi connectivity index (χ0v) is 15.8. The van der Waals surface area contributed by atoms with E-state index in [1.165, 1.54) is 12.1 Å². The van der Waals surface area contributed by atoms with E-state index in [1.54, 1.807) is 29.2 Å². The summed E-state index contributed by atoms with van der Waals surface area (Å²) in [6.07, 6.45) is -0.422. The Morgan fingerprint density at radius 3 is 2.31 bits per heavy atom. The standard InChI is InChI=1S/C21H23F2N3O3/c22-16-6-15(7-17(23)8-16)14-1-3-18(4-2-14)25-20(28)9-19(27)5-13-11-26(12-13)21(29)10-24/h1-4,6-8,13,19,27H,5,9-12,24H2,(H,25,28). The van der Waals surface area contributed by atoms with Gasteiger partial charge in [-0.25, -0.2) is 8.78 Å². The summed E-state index contributed by atoms with van der Waals surface area (Å²) in [5.41, 5.74) is 6.83. The van der Waals surface area contributed by atoms with Crippen molar-refractivity contribution in [2.24, 2.45) is 11.7 Å². The van der Waals surface area contributed by atoms with Crippen LogP contribution in [0.15, 0.2) is 42.5 Å². The smallest absolute Gasteiger partial charge is 0.236 e. The predicted molar refractivity (Wildman–Crippen MR) is 105 cm³/mol. The summed E-state index contributed by atoms with van der Waals surface area (Å²) in [5, 5.41) is 12.8. The van der Waals surface area contributed by atoms with Crippen LogP contribution in [-0.2, 0) is 9.59 Å². The Balaban J connectivity index is 1.47. The maximum absolute atomic E-state index is 13.3. The van der Waals surface area contributed by atoms with Gasteiger partial charge in [0.2, 0.25) is 11.8 Å². The number of rotatable bonds is 7. The maximum atomic E-state index is 13.3. The summed E-state index contributed by atoms with van der Waals surface area (Å²) >= 11 is 0. The fourth-order valence-electron chi connectivity index (χ4n) is 3.41. The number of hydrogen-bond donors (Lipinski definition) is 3. The molecule has 1 aliphatic heterocycles. The number of nitrogens with one attached hydrogen (secondary N) is 1. The third kappa shape index (κ3) is 5.58. The number of carbonyl (C=O) groups excluding carboxylic acids is 2. The summed E-state index contributed by atoms with van der Waals surface area (Å²) in [5.74, 6) is -1.60. The molecule has 8 heteroatoms. The Morgan fingerprint density at radius 2 is 1.72 bits per heavy atom. The van der Waals surface area contributed by atoms with Gasteiger partial charge in [-0.15, -0.1) is 0 Å². The SMILES string of the molecule is NCC(=O)N1CC(CC(O)CC(=O)Nc2ccc(-c3cc(F)cc(F)c3)cc2)C1. The van der Waals surface area contributed by atoms with Crippen LogP contribution in [0.3, 0.4) is 0 Å². The zero-order valence-electron chi connectivity index (χ0n) is 15.8. The van der Waals surface area contributed by atoms with E-state index in [-0.39, 0.29) is 30.7 Å². The van der Waals surface area contributed by atoms with Crippen LogP contribution in [0, 0.1) is 17.6 Å².